The van der Waals surface area contributed by atoms with Gasteiger partial charge in [0.2, 0.25) is 0 Å². The molecule has 7 nitrogen and oxygen atoms in total. The minimum absolute atomic E-state index is 0.00968. The first kappa shape index (κ1) is 19.6. The van der Waals surface area contributed by atoms with E-state index in [9.17, 15) is 19.7 Å². The Bertz CT molecular complexity index is 584. The molecular formula is C17H23NO6. The van der Waals surface area contributed by atoms with E-state index in [2.05, 4.69) is 6.92 Å². The maximum atomic E-state index is 11.6. The summed E-state index contributed by atoms with van der Waals surface area (Å²) in [4.78, 5) is 33.3. The Morgan fingerprint density at radius 2 is 1.79 bits per heavy atom. The summed E-state index contributed by atoms with van der Waals surface area (Å²) in [6.07, 6.45) is 2.82. The van der Waals surface area contributed by atoms with Gasteiger partial charge in [0.15, 0.2) is 0 Å². The molecule has 0 aliphatic rings. The molecule has 0 radical (unpaired) electrons. The molecule has 0 aliphatic heterocycles. The lowest BCUT2D eigenvalue weighted by Gasteiger charge is -2.07. The second kappa shape index (κ2) is 10.4. The molecule has 0 heterocycles. The normalized spacial score (nSPS) is 10.2. The molecule has 0 fully saturated rings. The van der Waals surface area contributed by atoms with Gasteiger partial charge < -0.3 is 9.47 Å². The molecule has 0 aromatic heterocycles. The number of nitro benzene ring substituents is 1. The number of nitrogens with zero attached hydrogens (tertiary/aromatic N) is 1. The van der Waals surface area contributed by atoms with E-state index in [0.29, 0.717) is 17.7 Å². The van der Waals surface area contributed by atoms with Crippen LogP contribution in [0.5, 0.6) is 0 Å². The monoisotopic (exact) mass is 337 g/mol. The molecule has 0 atom stereocenters. The Morgan fingerprint density at radius 1 is 1.12 bits per heavy atom. The summed E-state index contributed by atoms with van der Waals surface area (Å²) in [5, 5.41) is 10.7. The van der Waals surface area contributed by atoms with Crippen molar-refractivity contribution in [1.29, 1.82) is 0 Å². The molecule has 0 spiro atoms. The van der Waals surface area contributed by atoms with Gasteiger partial charge in [0.25, 0.3) is 5.69 Å². The molecule has 0 N–H and O–H groups in total. The summed E-state index contributed by atoms with van der Waals surface area (Å²) >= 11 is 0. The number of aryl methyl sites for hydroxylation is 1. The Morgan fingerprint density at radius 3 is 2.38 bits per heavy atom. The first-order valence-electron chi connectivity index (χ1n) is 7.99. The Balaban J connectivity index is 2.30. The Labute approximate surface area is 141 Å². The predicted molar refractivity (Wildman–Crippen MR) is 87.3 cm³/mol. The minimum atomic E-state index is -0.503. The van der Waals surface area contributed by atoms with Gasteiger partial charge in [-0.2, -0.15) is 0 Å². The molecule has 0 aliphatic carbocycles. The largest absolute Gasteiger partial charge is 0.466 e. The van der Waals surface area contributed by atoms with Crippen molar-refractivity contribution in [3.63, 3.8) is 0 Å². The van der Waals surface area contributed by atoms with Gasteiger partial charge in [0.05, 0.1) is 24.4 Å². The highest BCUT2D eigenvalue weighted by Crippen LogP contribution is 2.19. The molecule has 0 unspecified atom stereocenters. The van der Waals surface area contributed by atoms with Crippen LogP contribution in [0.2, 0.25) is 0 Å². The predicted octanol–water partition coefficient (Wildman–Crippen LogP) is 3.46. The van der Waals surface area contributed by atoms with Gasteiger partial charge in [-0.05, 0) is 31.0 Å². The van der Waals surface area contributed by atoms with Gasteiger partial charge in [0.1, 0.15) is 6.61 Å². The summed E-state index contributed by atoms with van der Waals surface area (Å²) < 4.78 is 10.1. The van der Waals surface area contributed by atoms with E-state index in [1.807, 2.05) is 0 Å². The molecule has 0 saturated carbocycles. The van der Waals surface area contributed by atoms with Crippen LogP contribution in [0.15, 0.2) is 18.2 Å². The van der Waals surface area contributed by atoms with Crippen LogP contribution >= 0.6 is 0 Å². The molecule has 0 amide bonds. The summed E-state index contributed by atoms with van der Waals surface area (Å²) in [6, 6.07) is 4.53. The quantitative estimate of drug-likeness (QED) is 0.281. The lowest BCUT2D eigenvalue weighted by atomic mass is 10.1. The summed E-state index contributed by atoms with van der Waals surface area (Å²) in [5.41, 5.74) is 1.19. The van der Waals surface area contributed by atoms with Crippen LogP contribution in [0.25, 0.3) is 0 Å². The Hall–Kier alpha value is -2.44. The van der Waals surface area contributed by atoms with E-state index in [-0.39, 0.29) is 25.1 Å². The van der Waals surface area contributed by atoms with E-state index in [1.54, 1.807) is 19.1 Å². The molecule has 1 aromatic rings. The summed E-state index contributed by atoms with van der Waals surface area (Å²) in [6.45, 7) is 4.08. The van der Waals surface area contributed by atoms with Crippen LogP contribution in [0.1, 0.15) is 50.2 Å². The number of carbonyl (C=O) groups is 2. The topological polar surface area (TPSA) is 95.7 Å². The maximum absolute atomic E-state index is 11.6. The van der Waals surface area contributed by atoms with E-state index in [1.165, 1.54) is 6.07 Å². The number of hydrogen-bond acceptors (Lipinski definition) is 6. The van der Waals surface area contributed by atoms with Crippen molar-refractivity contribution in [1.82, 2.24) is 0 Å². The van der Waals surface area contributed by atoms with Crippen LogP contribution in [0.4, 0.5) is 5.69 Å². The fourth-order valence-electron chi connectivity index (χ4n) is 2.06. The molecule has 1 rings (SSSR count). The number of ether oxygens (including phenoxy) is 2. The van der Waals surface area contributed by atoms with Crippen molar-refractivity contribution in [2.24, 2.45) is 0 Å². The number of unbranched alkanes of at least 4 members (excludes halogenated alkanes) is 2. The number of nitro groups is 1. The molecule has 24 heavy (non-hydrogen) atoms. The van der Waals surface area contributed by atoms with E-state index < -0.39 is 16.9 Å². The number of hydrogen-bond donors (Lipinski definition) is 0. The maximum Gasteiger partial charge on any atom is 0.306 e. The van der Waals surface area contributed by atoms with Crippen molar-refractivity contribution in [3.05, 3.63) is 39.4 Å². The third-order valence-corrected chi connectivity index (χ3v) is 3.40. The lowest BCUT2D eigenvalue weighted by molar-refractivity contribution is -0.385. The van der Waals surface area contributed by atoms with Crippen molar-refractivity contribution in [3.8, 4) is 0 Å². The average Bonchev–Trinajstić information content (AvgIpc) is 2.54. The van der Waals surface area contributed by atoms with Crippen molar-refractivity contribution >= 4 is 17.6 Å². The van der Waals surface area contributed by atoms with Crippen molar-refractivity contribution < 1.29 is 24.0 Å². The third kappa shape index (κ3) is 7.21. The minimum Gasteiger partial charge on any atom is -0.466 e. The second-order valence-electron chi connectivity index (χ2n) is 5.47. The fraction of sp³-hybridized carbons (Fsp3) is 0.529. The highest BCUT2D eigenvalue weighted by atomic mass is 16.6. The number of esters is 2. The molecule has 1 aromatic carbocycles. The first-order chi connectivity index (χ1) is 11.4. The van der Waals surface area contributed by atoms with Gasteiger partial charge in [-0.25, -0.2) is 0 Å². The van der Waals surface area contributed by atoms with Gasteiger partial charge in [-0.15, -0.1) is 0 Å². The lowest BCUT2D eigenvalue weighted by Crippen LogP contribution is -2.11. The first-order valence-corrected chi connectivity index (χ1v) is 7.99. The molecule has 0 saturated heterocycles. The molecule has 0 bridgehead atoms. The number of rotatable bonds is 10. The molecule has 7 heteroatoms. The Kier molecular flexibility index (Phi) is 8.46. The summed E-state index contributed by atoms with van der Waals surface area (Å²) in [5.74, 6) is -0.911. The second-order valence-corrected chi connectivity index (χ2v) is 5.47. The van der Waals surface area contributed by atoms with Crippen molar-refractivity contribution in [2.75, 3.05) is 6.61 Å². The number of carbonyl (C=O) groups excluding carboxylic acids is 2. The standard InChI is InChI=1S/C17H23NO6/c1-3-4-5-10-23-16(19)8-9-17(20)24-12-14-6-7-15(18(21)22)13(2)11-14/h6-7,11H,3-5,8-10,12H2,1-2H3. The SMILES string of the molecule is CCCCCOC(=O)CCC(=O)OCc1ccc([N+](=O)[O-])c(C)c1. The van der Waals surface area contributed by atoms with Gasteiger partial charge in [0, 0.05) is 11.6 Å². The van der Waals surface area contributed by atoms with E-state index in [0.717, 1.165) is 19.3 Å². The fourth-order valence-corrected chi connectivity index (χ4v) is 2.06. The van der Waals surface area contributed by atoms with Gasteiger partial charge >= 0.3 is 11.9 Å². The van der Waals surface area contributed by atoms with Crippen LogP contribution < -0.4 is 0 Å². The van der Waals surface area contributed by atoms with Crippen LogP contribution in [0, 0.1) is 17.0 Å². The zero-order valence-corrected chi connectivity index (χ0v) is 14.1. The van der Waals surface area contributed by atoms with Crippen LogP contribution in [0.3, 0.4) is 0 Å². The van der Waals surface area contributed by atoms with E-state index >= 15 is 0 Å². The zero-order chi connectivity index (χ0) is 17.9. The van der Waals surface area contributed by atoms with Crippen molar-refractivity contribution in [2.45, 2.75) is 52.6 Å². The molecular weight excluding hydrogens is 314 g/mol. The summed E-state index contributed by atoms with van der Waals surface area (Å²) in [7, 11) is 0. The van der Waals surface area contributed by atoms with Gasteiger partial charge in [-0.1, -0.05) is 19.8 Å². The highest BCUT2D eigenvalue weighted by molar-refractivity contribution is 5.77. The van der Waals surface area contributed by atoms with Crippen LogP contribution in [-0.4, -0.2) is 23.5 Å². The zero-order valence-electron chi connectivity index (χ0n) is 14.1. The third-order valence-electron chi connectivity index (χ3n) is 3.40. The number of benzene rings is 1. The smallest absolute Gasteiger partial charge is 0.306 e. The highest BCUT2D eigenvalue weighted by Gasteiger charge is 2.12. The molecule has 132 valence electrons. The van der Waals surface area contributed by atoms with Gasteiger partial charge in [-0.3, -0.25) is 19.7 Å². The van der Waals surface area contributed by atoms with Crippen LogP contribution in [-0.2, 0) is 25.7 Å². The average molecular weight is 337 g/mol. The van der Waals surface area contributed by atoms with E-state index in [4.69, 9.17) is 9.47 Å².